The molecule has 0 fully saturated rings. The molecule has 1 aromatic heterocycles. The minimum absolute atomic E-state index is 0.132. The molecule has 0 spiro atoms. The van der Waals surface area contributed by atoms with Crippen molar-refractivity contribution < 1.29 is 9.90 Å². The Labute approximate surface area is 111 Å². The van der Waals surface area contributed by atoms with E-state index in [0.29, 0.717) is 10.7 Å². The summed E-state index contributed by atoms with van der Waals surface area (Å²) in [5, 5.41) is 13.1. The van der Waals surface area contributed by atoms with Crippen LogP contribution < -0.4 is 0 Å². The second-order valence-electron chi connectivity index (χ2n) is 3.42. The fourth-order valence-electron chi connectivity index (χ4n) is 1.44. The van der Waals surface area contributed by atoms with E-state index in [9.17, 15) is 4.79 Å². The Kier molecular flexibility index (Phi) is 3.49. The van der Waals surface area contributed by atoms with Crippen molar-refractivity contribution in [2.45, 2.75) is 6.42 Å². The smallest absolute Gasteiger partial charge is 0.307 e. The van der Waals surface area contributed by atoms with Crippen LogP contribution in [0.3, 0.4) is 0 Å². The average molecular weight is 316 g/mol. The Morgan fingerprint density at radius 3 is 2.94 bits per heavy atom. The molecule has 0 aliphatic rings. The number of carbonyl (C=O) groups is 1. The van der Waals surface area contributed by atoms with Crippen LogP contribution in [0.2, 0.25) is 5.15 Å². The molecule has 0 bridgehead atoms. The molecule has 88 valence electrons. The number of carboxylic acids is 1. The van der Waals surface area contributed by atoms with Gasteiger partial charge in [0.05, 0.1) is 18.3 Å². The van der Waals surface area contributed by atoms with Gasteiger partial charge in [-0.1, -0.05) is 33.6 Å². The zero-order valence-electron chi connectivity index (χ0n) is 8.60. The number of aliphatic carboxylic acids is 1. The molecule has 0 saturated heterocycles. The molecule has 0 aliphatic heterocycles. The highest BCUT2D eigenvalue weighted by Gasteiger charge is 2.12. The lowest BCUT2D eigenvalue weighted by Gasteiger charge is -2.03. The van der Waals surface area contributed by atoms with Crippen LogP contribution in [-0.2, 0) is 11.2 Å². The Balaban J connectivity index is 2.40. The van der Waals surface area contributed by atoms with E-state index >= 15 is 0 Å². The first-order valence-electron chi connectivity index (χ1n) is 4.78. The summed E-state index contributed by atoms with van der Waals surface area (Å²) < 4.78 is 2.41. The highest BCUT2D eigenvalue weighted by atomic mass is 79.9. The Hall–Kier alpha value is -1.33. The first-order chi connectivity index (χ1) is 8.08. The zero-order valence-corrected chi connectivity index (χ0v) is 10.9. The molecule has 0 amide bonds. The predicted molar refractivity (Wildman–Crippen MR) is 67.6 cm³/mol. The molecule has 2 rings (SSSR count). The maximum atomic E-state index is 10.6. The maximum absolute atomic E-state index is 10.6. The molecule has 2 aromatic rings. The number of benzene rings is 1. The van der Waals surface area contributed by atoms with Gasteiger partial charge in [-0.2, -0.15) is 5.10 Å². The number of hydrogen-bond donors (Lipinski definition) is 1. The second-order valence-corrected chi connectivity index (χ2v) is 4.70. The van der Waals surface area contributed by atoms with Gasteiger partial charge in [0.2, 0.25) is 0 Å². The van der Waals surface area contributed by atoms with Crippen LogP contribution in [0.15, 0.2) is 34.9 Å². The molecule has 1 heterocycles. The molecule has 0 saturated carbocycles. The fourth-order valence-corrected chi connectivity index (χ4v) is 2.08. The van der Waals surface area contributed by atoms with Gasteiger partial charge in [0.25, 0.3) is 0 Å². The highest BCUT2D eigenvalue weighted by Crippen LogP contribution is 2.22. The summed E-state index contributed by atoms with van der Waals surface area (Å²) in [4.78, 5) is 10.6. The van der Waals surface area contributed by atoms with E-state index in [1.54, 1.807) is 0 Å². The van der Waals surface area contributed by atoms with Gasteiger partial charge in [0.15, 0.2) is 0 Å². The van der Waals surface area contributed by atoms with Crippen molar-refractivity contribution in [3.8, 4) is 5.69 Å². The van der Waals surface area contributed by atoms with Gasteiger partial charge in [-0.3, -0.25) is 4.79 Å². The molecule has 1 N–H and O–H groups in total. The zero-order chi connectivity index (χ0) is 12.4. The summed E-state index contributed by atoms with van der Waals surface area (Å²) in [6, 6.07) is 7.44. The van der Waals surface area contributed by atoms with Crippen LogP contribution in [0.1, 0.15) is 5.56 Å². The largest absolute Gasteiger partial charge is 0.481 e. The van der Waals surface area contributed by atoms with Crippen LogP contribution in [0.5, 0.6) is 0 Å². The first-order valence-corrected chi connectivity index (χ1v) is 5.95. The summed E-state index contributed by atoms with van der Waals surface area (Å²) in [6.07, 6.45) is 1.34. The topological polar surface area (TPSA) is 55.1 Å². The molecule has 0 atom stereocenters. The Morgan fingerprint density at radius 2 is 2.29 bits per heavy atom. The Bertz CT molecular complexity index is 568. The molecule has 0 radical (unpaired) electrons. The van der Waals surface area contributed by atoms with Crippen molar-refractivity contribution >= 4 is 33.5 Å². The molecular formula is C11H8BrClN2O2. The molecule has 0 aliphatic carbocycles. The molecular weight excluding hydrogens is 307 g/mol. The van der Waals surface area contributed by atoms with Crippen molar-refractivity contribution in [3.63, 3.8) is 0 Å². The van der Waals surface area contributed by atoms with E-state index in [4.69, 9.17) is 16.7 Å². The quantitative estimate of drug-likeness (QED) is 0.947. The lowest BCUT2D eigenvalue weighted by molar-refractivity contribution is -0.136. The van der Waals surface area contributed by atoms with Crippen molar-refractivity contribution in [1.82, 2.24) is 9.78 Å². The highest BCUT2D eigenvalue weighted by molar-refractivity contribution is 9.10. The van der Waals surface area contributed by atoms with Gasteiger partial charge in [-0.05, 0) is 18.2 Å². The number of halogens is 2. The summed E-state index contributed by atoms with van der Waals surface area (Å²) in [5.74, 6) is -0.930. The molecule has 6 heteroatoms. The SMILES string of the molecule is O=C(O)Cc1cnn(-c2cccc(Br)c2)c1Cl. The molecule has 0 unspecified atom stereocenters. The van der Waals surface area contributed by atoms with Gasteiger partial charge < -0.3 is 5.11 Å². The minimum Gasteiger partial charge on any atom is -0.481 e. The van der Waals surface area contributed by atoms with Gasteiger partial charge in [0, 0.05) is 10.0 Å². The third kappa shape index (κ3) is 2.68. The number of rotatable bonds is 3. The number of nitrogens with zero attached hydrogens (tertiary/aromatic N) is 2. The van der Waals surface area contributed by atoms with Crippen LogP contribution in [0.25, 0.3) is 5.69 Å². The van der Waals surface area contributed by atoms with Crippen LogP contribution in [-0.4, -0.2) is 20.9 Å². The standard InChI is InChI=1S/C11H8BrClN2O2/c12-8-2-1-3-9(5-8)15-11(13)7(6-14-15)4-10(16)17/h1-3,5-6H,4H2,(H,16,17). The van der Waals surface area contributed by atoms with Crippen LogP contribution in [0.4, 0.5) is 0 Å². The average Bonchev–Trinajstić information content (AvgIpc) is 2.60. The predicted octanol–water partition coefficient (Wildman–Crippen LogP) is 2.92. The van der Waals surface area contributed by atoms with Crippen molar-refractivity contribution in [2.24, 2.45) is 0 Å². The van der Waals surface area contributed by atoms with Gasteiger partial charge >= 0.3 is 5.97 Å². The molecule has 1 aromatic carbocycles. The van der Waals surface area contributed by atoms with E-state index in [1.165, 1.54) is 10.9 Å². The van der Waals surface area contributed by atoms with Crippen LogP contribution in [0, 0.1) is 0 Å². The van der Waals surface area contributed by atoms with E-state index in [2.05, 4.69) is 21.0 Å². The fraction of sp³-hybridized carbons (Fsp3) is 0.0909. The van der Waals surface area contributed by atoms with E-state index in [-0.39, 0.29) is 6.42 Å². The van der Waals surface area contributed by atoms with E-state index < -0.39 is 5.97 Å². The van der Waals surface area contributed by atoms with E-state index in [0.717, 1.165) is 10.2 Å². The monoisotopic (exact) mass is 314 g/mol. The second kappa shape index (κ2) is 4.89. The van der Waals surface area contributed by atoms with E-state index in [1.807, 2.05) is 24.3 Å². The number of hydrogen-bond acceptors (Lipinski definition) is 2. The van der Waals surface area contributed by atoms with Crippen molar-refractivity contribution in [2.75, 3.05) is 0 Å². The summed E-state index contributed by atoms with van der Waals surface area (Å²) in [5.41, 5.74) is 1.28. The summed E-state index contributed by atoms with van der Waals surface area (Å²) >= 11 is 9.43. The lowest BCUT2D eigenvalue weighted by Crippen LogP contribution is -2.00. The van der Waals surface area contributed by atoms with Gasteiger partial charge in [0.1, 0.15) is 5.15 Å². The Morgan fingerprint density at radius 1 is 1.53 bits per heavy atom. The maximum Gasteiger partial charge on any atom is 0.307 e. The van der Waals surface area contributed by atoms with Crippen molar-refractivity contribution in [1.29, 1.82) is 0 Å². The summed E-state index contributed by atoms with van der Waals surface area (Å²) in [6.45, 7) is 0. The number of carboxylic acid groups (broad SMARTS) is 1. The van der Waals surface area contributed by atoms with Crippen LogP contribution >= 0.6 is 27.5 Å². The molecule has 4 nitrogen and oxygen atoms in total. The lowest BCUT2D eigenvalue weighted by atomic mass is 10.2. The summed E-state index contributed by atoms with van der Waals surface area (Å²) in [7, 11) is 0. The van der Waals surface area contributed by atoms with Gasteiger partial charge in [-0.15, -0.1) is 0 Å². The first kappa shape index (κ1) is 12.1. The molecule has 17 heavy (non-hydrogen) atoms. The third-order valence-electron chi connectivity index (χ3n) is 2.17. The normalized spacial score (nSPS) is 10.5. The number of aromatic nitrogens is 2. The van der Waals surface area contributed by atoms with Crippen molar-refractivity contribution in [3.05, 3.63) is 45.7 Å². The van der Waals surface area contributed by atoms with Gasteiger partial charge in [-0.25, -0.2) is 4.68 Å². The third-order valence-corrected chi connectivity index (χ3v) is 3.07. The minimum atomic E-state index is -0.930.